The van der Waals surface area contributed by atoms with Gasteiger partial charge in [-0.3, -0.25) is 0 Å². The quantitative estimate of drug-likeness (QED) is 0.900. The minimum Gasteiger partial charge on any atom is -0.394 e. The van der Waals surface area contributed by atoms with Crippen LogP contribution in [0.5, 0.6) is 0 Å². The number of hydrogen-bond acceptors (Lipinski definition) is 3. The fraction of sp³-hybridized carbons (Fsp3) is 0.500. The third kappa shape index (κ3) is 2.73. The molecule has 0 saturated carbocycles. The van der Waals surface area contributed by atoms with E-state index >= 15 is 0 Å². The summed E-state index contributed by atoms with van der Waals surface area (Å²) in [5, 5.41) is 13.7. The van der Waals surface area contributed by atoms with Crippen molar-refractivity contribution in [1.82, 2.24) is 0 Å². The van der Waals surface area contributed by atoms with Crippen molar-refractivity contribution in [3.05, 3.63) is 28.7 Å². The fourth-order valence-corrected chi connectivity index (χ4v) is 3.63. The highest BCUT2D eigenvalue weighted by atomic mass is 79.9. The van der Waals surface area contributed by atoms with Crippen LogP contribution in [-0.4, -0.2) is 28.3 Å². The van der Waals surface area contributed by atoms with E-state index in [1.54, 1.807) is 0 Å². The molecule has 2 rings (SSSR count). The van der Waals surface area contributed by atoms with Crippen molar-refractivity contribution in [1.29, 1.82) is 0 Å². The first-order valence-corrected chi connectivity index (χ1v) is 7.24. The first-order valence-electron chi connectivity index (χ1n) is 5.40. The average molecular weight is 302 g/mol. The molecule has 1 heterocycles. The highest BCUT2D eigenvalue weighted by Gasteiger charge is 2.37. The van der Waals surface area contributed by atoms with E-state index in [-0.39, 0.29) is 12.1 Å². The summed E-state index contributed by atoms with van der Waals surface area (Å²) < 4.78 is 1.07. The molecule has 0 aliphatic carbocycles. The third-order valence-electron chi connectivity index (χ3n) is 2.88. The fourth-order valence-electron chi connectivity index (χ4n) is 2.05. The predicted octanol–water partition coefficient (Wildman–Crippen LogP) is 3.12. The molecular formula is C12H16BrNOS. The molecule has 16 heavy (non-hydrogen) atoms. The Morgan fingerprint density at radius 1 is 1.50 bits per heavy atom. The van der Waals surface area contributed by atoms with Crippen LogP contribution < -0.4 is 5.32 Å². The van der Waals surface area contributed by atoms with E-state index in [0.717, 1.165) is 22.3 Å². The molecule has 88 valence electrons. The van der Waals surface area contributed by atoms with Crippen molar-refractivity contribution in [3.63, 3.8) is 0 Å². The summed E-state index contributed by atoms with van der Waals surface area (Å²) in [5.74, 6) is 0.973. The Morgan fingerprint density at radius 3 is 2.69 bits per heavy atom. The molecule has 0 bridgehead atoms. The first-order chi connectivity index (χ1) is 7.63. The number of hydrogen-bond donors (Lipinski definition) is 2. The normalized spacial score (nSPS) is 29.3. The Kier molecular flexibility index (Phi) is 3.82. The van der Waals surface area contributed by atoms with Crippen LogP contribution in [0.1, 0.15) is 13.3 Å². The Balaban J connectivity index is 2.10. The maximum atomic E-state index is 9.57. The second-order valence-corrected chi connectivity index (χ2v) is 6.74. The smallest absolute Gasteiger partial charge is 0.0704 e. The molecule has 0 amide bonds. The van der Waals surface area contributed by atoms with Crippen LogP contribution >= 0.6 is 27.7 Å². The minimum absolute atomic E-state index is 0.141. The average Bonchev–Trinajstić information content (AvgIpc) is 2.64. The molecule has 1 aliphatic heterocycles. The number of aliphatic hydroxyl groups excluding tert-OH is 1. The summed E-state index contributed by atoms with van der Waals surface area (Å²) in [7, 11) is 0. The van der Waals surface area contributed by atoms with E-state index in [4.69, 9.17) is 0 Å². The minimum atomic E-state index is -0.141. The van der Waals surface area contributed by atoms with Crippen LogP contribution in [0.15, 0.2) is 28.7 Å². The molecule has 2 atom stereocenters. The molecule has 0 aromatic heterocycles. The van der Waals surface area contributed by atoms with Crippen LogP contribution in [0.25, 0.3) is 0 Å². The van der Waals surface area contributed by atoms with E-state index in [0.29, 0.717) is 5.25 Å². The Morgan fingerprint density at radius 2 is 2.19 bits per heavy atom. The lowest BCUT2D eigenvalue weighted by molar-refractivity contribution is 0.223. The van der Waals surface area contributed by atoms with Gasteiger partial charge in [0.05, 0.1) is 12.1 Å². The monoisotopic (exact) mass is 301 g/mol. The lowest BCUT2D eigenvalue weighted by Crippen LogP contribution is -2.42. The summed E-state index contributed by atoms with van der Waals surface area (Å²) in [6, 6.07) is 8.10. The van der Waals surface area contributed by atoms with Crippen molar-refractivity contribution in [3.8, 4) is 0 Å². The standard InChI is InChI=1S/C12H16BrNOS/c1-9-6-12(7-15,8-16-9)14-11-4-2-10(13)3-5-11/h2-5,9,14-15H,6-8H2,1H3. The van der Waals surface area contributed by atoms with Gasteiger partial charge in [-0.25, -0.2) is 0 Å². The van der Waals surface area contributed by atoms with Gasteiger partial charge in [-0.05, 0) is 30.7 Å². The summed E-state index contributed by atoms with van der Waals surface area (Å²) in [6.07, 6.45) is 1.02. The van der Waals surface area contributed by atoms with Crippen molar-refractivity contribution in [2.45, 2.75) is 24.1 Å². The molecule has 1 aliphatic rings. The van der Waals surface area contributed by atoms with Crippen molar-refractivity contribution in [2.75, 3.05) is 17.7 Å². The maximum Gasteiger partial charge on any atom is 0.0704 e. The number of nitrogens with one attached hydrogen (secondary N) is 1. The van der Waals surface area contributed by atoms with Gasteiger partial charge in [0.25, 0.3) is 0 Å². The van der Waals surface area contributed by atoms with Gasteiger partial charge in [0.1, 0.15) is 0 Å². The van der Waals surface area contributed by atoms with E-state index < -0.39 is 0 Å². The van der Waals surface area contributed by atoms with Crippen LogP contribution in [0.2, 0.25) is 0 Å². The molecular weight excluding hydrogens is 286 g/mol. The second-order valence-electron chi connectivity index (χ2n) is 4.40. The van der Waals surface area contributed by atoms with E-state index in [1.165, 1.54) is 0 Å². The van der Waals surface area contributed by atoms with Gasteiger partial charge in [0, 0.05) is 21.2 Å². The Labute approximate surface area is 109 Å². The molecule has 2 nitrogen and oxygen atoms in total. The topological polar surface area (TPSA) is 32.3 Å². The molecule has 0 spiro atoms. The summed E-state index contributed by atoms with van der Waals surface area (Å²) in [6.45, 7) is 2.41. The number of thioether (sulfide) groups is 1. The maximum absolute atomic E-state index is 9.57. The molecule has 1 aromatic carbocycles. The zero-order valence-electron chi connectivity index (χ0n) is 9.24. The zero-order valence-corrected chi connectivity index (χ0v) is 11.6. The Hall–Kier alpha value is -0.190. The summed E-state index contributed by atoms with van der Waals surface area (Å²) in [4.78, 5) is 0. The number of rotatable bonds is 3. The molecule has 2 unspecified atom stereocenters. The largest absolute Gasteiger partial charge is 0.394 e. The number of aliphatic hydroxyl groups is 1. The van der Waals surface area contributed by atoms with Gasteiger partial charge < -0.3 is 10.4 Å². The molecule has 0 radical (unpaired) electrons. The molecule has 1 fully saturated rings. The van der Waals surface area contributed by atoms with Crippen molar-refractivity contribution < 1.29 is 5.11 Å². The third-order valence-corrected chi connectivity index (χ3v) is 4.86. The first kappa shape index (κ1) is 12.3. The van der Waals surface area contributed by atoms with Gasteiger partial charge in [-0.15, -0.1) is 0 Å². The van der Waals surface area contributed by atoms with E-state index in [1.807, 2.05) is 36.0 Å². The number of anilines is 1. The number of benzene rings is 1. The molecule has 1 aromatic rings. The Bertz CT molecular complexity index is 357. The highest BCUT2D eigenvalue weighted by Crippen LogP contribution is 2.36. The van der Waals surface area contributed by atoms with Crippen LogP contribution in [0.3, 0.4) is 0 Å². The zero-order chi connectivity index (χ0) is 11.6. The van der Waals surface area contributed by atoms with Crippen LogP contribution in [0, 0.1) is 0 Å². The van der Waals surface area contributed by atoms with Crippen LogP contribution in [0.4, 0.5) is 5.69 Å². The summed E-state index contributed by atoms with van der Waals surface area (Å²) in [5.41, 5.74) is 0.935. The van der Waals surface area contributed by atoms with Gasteiger partial charge in [-0.1, -0.05) is 22.9 Å². The van der Waals surface area contributed by atoms with Gasteiger partial charge in [-0.2, -0.15) is 11.8 Å². The summed E-state index contributed by atoms with van der Waals surface area (Å²) >= 11 is 5.34. The van der Waals surface area contributed by atoms with Gasteiger partial charge in [0.2, 0.25) is 0 Å². The second kappa shape index (κ2) is 4.98. The SMILES string of the molecule is CC1CC(CO)(Nc2ccc(Br)cc2)CS1. The molecule has 4 heteroatoms. The van der Waals surface area contributed by atoms with Crippen molar-refractivity contribution in [2.24, 2.45) is 0 Å². The van der Waals surface area contributed by atoms with Crippen LogP contribution in [-0.2, 0) is 0 Å². The van der Waals surface area contributed by atoms with Gasteiger partial charge >= 0.3 is 0 Å². The van der Waals surface area contributed by atoms with Crippen molar-refractivity contribution >= 4 is 33.4 Å². The lowest BCUT2D eigenvalue weighted by atomic mass is 9.97. The predicted molar refractivity (Wildman–Crippen MR) is 74.1 cm³/mol. The molecule has 1 saturated heterocycles. The lowest BCUT2D eigenvalue weighted by Gasteiger charge is -2.29. The highest BCUT2D eigenvalue weighted by molar-refractivity contribution is 9.10. The molecule has 2 N–H and O–H groups in total. The van der Waals surface area contributed by atoms with Gasteiger partial charge in [0.15, 0.2) is 0 Å². The van der Waals surface area contributed by atoms with E-state index in [9.17, 15) is 5.11 Å². The number of halogens is 1. The van der Waals surface area contributed by atoms with E-state index in [2.05, 4.69) is 28.2 Å².